The van der Waals surface area contributed by atoms with Gasteiger partial charge >= 0.3 is 0 Å². The van der Waals surface area contributed by atoms with Gasteiger partial charge in [-0.3, -0.25) is 14.9 Å². The van der Waals surface area contributed by atoms with E-state index in [1.807, 2.05) is 22.9 Å². The van der Waals surface area contributed by atoms with Gasteiger partial charge in [-0.15, -0.1) is 22.7 Å². The number of hydrogen-bond donors (Lipinski definition) is 1. The second-order valence-corrected chi connectivity index (χ2v) is 8.83. The third-order valence-corrected chi connectivity index (χ3v) is 6.49. The molecule has 0 radical (unpaired) electrons. The lowest BCUT2D eigenvalue weighted by molar-refractivity contribution is -0.384. The second kappa shape index (κ2) is 8.02. The zero-order chi connectivity index (χ0) is 21.4. The summed E-state index contributed by atoms with van der Waals surface area (Å²) in [4.78, 5) is 34.2. The van der Waals surface area contributed by atoms with Gasteiger partial charge in [0.2, 0.25) is 0 Å². The molecule has 1 N–H and O–H groups in total. The van der Waals surface area contributed by atoms with Gasteiger partial charge in [-0.05, 0) is 29.2 Å². The van der Waals surface area contributed by atoms with Crippen LogP contribution in [0.5, 0.6) is 0 Å². The Kier molecular flexibility index (Phi) is 5.42. The van der Waals surface area contributed by atoms with Crippen LogP contribution in [0, 0.1) is 10.1 Å². The second-order valence-electron chi connectivity index (χ2n) is 6.61. The Morgan fingerprint density at radius 3 is 2.77 bits per heavy atom. The minimum Gasteiger partial charge on any atom is -0.372 e. The lowest BCUT2D eigenvalue weighted by Gasteiger charge is -2.12. The van der Waals surface area contributed by atoms with Crippen LogP contribution in [0.4, 0.5) is 11.4 Å². The number of benzene rings is 1. The molecule has 0 bridgehead atoms. The number of halogens is 1. The van der Waals surface area contributed by atoms with Crippen LogP contribution in [0.2, 0.25) is 0 Å². The van der Waals surface area contributed by atoms with Crippen molar-refractivity contribution in [3.8, 4) is 10.4 Å². The van der Waals surface area contributed by atoms with Crippen LogP contribution in [0.1, 0.15) is 11.4 Å². The molecule has 4 aromatic rings. The first-order valence-corrected chi connectivity index (χ1v) is 10.9. The van der Waals surface area contributed by atoms with Gasteiger partial charge in [0, 0.05) is 36.0 Å². The number of fused-ring (bicyclic) bond motifs is 1. The molecule has 10 heteroatoms. The number of nitrogens with zero attached hydrogens (tertiary/aromatic N) is 3. The summed E-state index contributed by atoms with van der Waals surface area (Å²) in [5.74, 6) is 0.216. The van der Waals surface area contributed by atoms with Crippen molar-refractivity contribution in [3.05, 3.63) is 72.9 Å². The van der Waals surface area contributed by atoms with E-state index in [0.717, 1.165) is 10.4 Å². The van der Waals surface area contributed by atoms with Crippen molar-refractivity contribution in [2.45, 2.75) is 0 Å². The minimum atomic E-state index is -0.440. The maximum absolute atomic E-state index is 12.7. The average molecular weight is 459 g/mol. The fourth-order valence-corrected chi connectivity index (χ4v) is 5.02. The van der Waals surface area contributed by atoms with Crippen molar-refractivity contribution in [3.63, 3.8) is 0 Å². The van der Waals surface area contributed by atoms with Crippen LogP contribution in [0.3, 0.4) is 0 Å². The number of hydrogen-bond acceptors (Lipinski definition) is 7. The number of aromatic nitrogens is 2. The fourth-order valence-electron chi connectivity index (χ4n) is 3.04. The van der Waals surface area contributed by atoms with Crippen LogP contribution in [0.15, 0.2) is 45.9 Å². The third kappa shape index (κ3) is 3.74. The molecule has 0 unspecified atom stereocenters. The Morgan fingerprint density at radius 2 is 2.10 bits per heavy atom. The molecule has 0 aliphatic heterocycles. The third-order valence-electron chi connectivity index (χ3n) is 4.43. The highest BCUT2D eigenvalue weighted by Crippen LogP contribution is 2.34. The van der Waals surface area contributed by atoms with E-state index in [9.17, 15) is 14.9 Å². The van der Waals surface area contributed by atoms with E-state index < -0.39 is 4.92 Å². The van der Waals surface area contributed by atoms with Gasteiger partial charge < -0.3 is 9.88 Å². The molecule has 30 heavy (non-hydrogen) atoms. The summed E-state index contributed by atoms with van der Waals surface area (Å²) in [7, 11) is 3.47. The number of nitro groups is 1. The van der Waals surface area contributed by atoms with Gasteiger partial charge in [-0.2, -0.15) is 0 Å². The van der Waals surface area contributed by atoms with Gasteiger partial charge in [-0.25, -0.2) is 4.98 Å². The van der Waals surface area contributed by atoms with E-state index >= 15 is 0 Å². The van der Waals surface area contributed by atoms with Crippen molar-refractivity contribution in [2.75, 3.05) is 19.0 Å². The standard InChI is InChI=1S/C20H15ClN4O3S2/c1-24(2)14-6-5-11(9-15(14)25(27)28)8-13(21)18-22-19(26)17-12(10-30-20(17)23-18)16-4-3-7-29-16/h3-10H,1-2H3,(H,22,23,26). The Morgan fingerprint density at radius 1 is 1.30 bits per heavy atom. The Bertz CT molecular complexity index is 1340. The quantitative estimate of drug-likeness (QED) is 0.318. The molecule has 0 spiro atoms. The molecule has 0 aliphatic carbocycles. The molecule has 3 heterocycles. The molecule has 4 rings (SSSR count). The molecule has 0 amide bonds. The molecule has 0 fully saturated rings. The predicted octanol–water partition coefficient (Wildman–Crippen LogP) is 5.42. The highest BCUT2D eigenvalue weighted by atomic mass is 35.5. The highest BCUT2D eigenvalue weighted by Gasteiger charge is 2.17. The lowest BCUT2D eigenvalue weighted by atomic mass is 10.1. The first-order chi connectivity index (χ1) is 14.3. The zero-order valence-electron chi connectivity index (χ0n) is 15.9. The summed E-state index contributed by atoms with van der Waals surface area (Å²) in [6, 6.07) is 8.70. The predicted molar refractivity (Wildman–Crippen MR) is 125 cm³/mol. The summed E-state index contributed by atoms with van der Waals surface area (Å²) in [6.45, 7) is 0. The molecule has 0 atom stereocenters. The number of aromatic amines is 1. The SMILES string of the molecule is CN(C)c1ccc(C=C(Cl)c2nc3scc(-c4cccs4)c3c(=O)[nH]2)cc1[N+](=O)[O-]. The summed E-state index contributed by atoms with van der Waals surface area (Å²) in [5, 5.41) is 16.0. The summed E-state index contributed by atoms with van der Waals surface area (Å²) >= 11 is 9.33. The molecule has 3 aromatic heterocycles. The molecular weight excluding hydrogens is 444 g/mol. The van der Waals surface area contributed by atoms with Gasteiger partial charge in [0.15, 0.2) is 5.82 Å². The monoisotopic (exact) mass is 458 g/mol. The Hall–Kier alpha value is -3.01. The van der Waals surface area contributed by atoms with Crippen molar-refractivity contribution < 1.29 is 4.92 Å². The highest BCUT2D eigenvalue weighted by molar-refractivity contribution is 7.18. The maximum atomic E-state index is 12.7. The number of anilines is 1. The average Bonchev–Trinajstić information content (AvgIpc) is 3.37. The van der Waals surface area contributed by atoms with E-state index in [1.54, 1.807) is 48.5 Å². The number of rotatable bonds is 5. The van der Waals surface area contributed by atoms with Gasteiger partial charge in [0.25, 0.3) is 11.2 Å². The van der Waals surface area contributed by atoms with E-state index in [4.69, 9.17) is 11.6 Å². The topological polar surface area (TPSA) is 92.1 Å². The number of nitrogens with one attached hydrogen (secondary N) is 1. The van der Waals surface area contributed by atoms with E-state index in [2.05, 4.69) is 9.97 Å². The van der Waals surface area contributed by atoms with Crippen LogP contribution >= 0.6 is 34.3 Å². The molecule has 1 aromatic carbocycles. The summed E-state index contributed by atoms with van der Waals surface area (Å²) in [5.41, 5.74) is 1.56. The largest absolute Gasteiger partial charge is 0.372 e. The molecule has 152 valence electrons. The first-order valence-electron chi connectivity index (χ1n) is 8.74. The smallest absolute Gasteiger partial charge is 0.293 e. The summed E-state index contributed by atoms with van der Waals surface area (Å²) in [6.07, 6.45) is 1.55. The number of nitro benzene ring substituents is 1. The molecule has 0 saturated heterocycles. The lowest BCUT2D eigenvalue weighted by Crippen LogP contribution is -2.11. The van der Waals surface area contributed by atoms with Crippen LogP contribution in [-0.2, 0) is 0 Å². The van der Waals surface area contributed by atoms with E-state index in [0.29, 0.717) is 21.5 Å². The Balaban J connectivity index is 1.76. The maximum Gasteiger partial charge on any atom is 0.293 e. The van der Waals surface area contributed by atoms with Gasteiger partial charge in [-0.1, -0.05) is 23.7 Å². The van der Waals surface area contributed by atoms with Crippen molar-refractivity contribution in [2.24, 2.45) is 0 Å². The zero-order valence-corrected chi connectivity index (χ0v) is 18.3. The number of thiophene rings is 2. The molecule has 7 nitrogen and oxygen atoms in total. The van der Waals surface area contributed by atoms with Crippen LogP contribution < -0.4 is 10.5 Å². The number of H-pyrrole nitrogens is 1. The first kappa shape index (κ1) is 20.3. The van der Waals surface area contributed by atoms with Crippen LogP contribution in [0.25, 0.3) is 31.8 Å². The molecule has 0 aliphatic rings. The van der Waals surface area contributed by atoms with Crippen molar-refractivity contribution >= 4 is 67.0 Å². The normalized spacial score (nSPS) is 11.8. The van der Waals surface area contributed by atoms with Crippen molar-refractivity contribution in [1.29, 1.82) is 0 Å². The van der Waals surface area contributed by atoms with Crippen LogP contribution in [-0.4, -0.2) is 29.0 Å². The van der Waals surface area contributed by atoms with E-state index in [-0.39, 0.29) is 22.1 Å². The van der Waals surface area contributed by atoms with E-state index in [1.165, 1.54) is 17.4 Å². The van der Waals surface area contributed by atoms with Crippen molar-refractivity contribution in [1.82, 2.24) is 9.97 Å². The fraction of sp³-hybridized carbons (Fsp3) is 0.100. The molecular formula is C20H15ClN4O3S2. The van der Waals surface area contributed by atoms with Gasteiger partial charge in [0.05, 0.1) is 15.3 Å². The summed E-state index contributed by atoms with van der Waals surface area (Å²) < 4.78 is 0. The minimum absolute atomic E-state index is 0.0334. The van der Waals surface area contributed by atoms with Gasteiger partial charge in [0.1, 0.15) is 10.5 Å². The molecule has 0 saturated carbocycles. The Labute approximate surface area is 184 Å².